The number of esters is 1. The number of carbonyl (C=O) groups excluding carboxylic acids is 1. The summed E-state index contributed by atoms with van der Waals surface area (Å²) in [6, 6.07) is 14.2. The van der Waals surface area contributed by atoms with Gasteiger partial charge in [0.05, 0.1) is 32.5 Å². The third-order valence-electron chi connectivity index (χ3n) is 3.83. The number of nitrogens with zero attached hydrogens (tertiary/aromatic N) is 3. The van der Waals surface area contributed by atoms with Crippen molar-refractivity contribution in [1.29, 1.82) is 0 Å². The molecule has 0 unspecified atom stereocenters. The molecule has 9 nitrogen and oxygen atoms in total. The third kappa shape index (κ3) is 5.80. The van der Waals surface area contributed by atoms with Crippen molar-refractivity contribution in [1.82, 2.24) is 15.2 Å². The van der Waals surface area contributed by atoms with Gasteiger partial charge in [-0.25, -0.2) is 4.79 Å². The number of benzene rings is 2. The Morgan fingerprint density at radius 2 is 1.86 bits per heavy atom. The lowest BCUT2D eigenvalue weighted by Crippen LogP contribution is -2.14. The second-order valence-corrected chi connectivity index (χ2v) is 5.81. The van der Waals surface area contributed by atoms with Crippen molar-refractivity contribution < 1.29 is 19.0 Å². The van der Waals surface area contributed by atoms with E-state index in [-0.39, 0.29) is 0 Å². The van der Waals surface area contributed by atoms with Crippen molar-refractivity contribution in [3.05, 3.63) is 60.3 Å². The molecule has 9 heteroatoms. The SMILES string of the molecule is COC(=O)c1cccc(Nc2cnnc(NCCOc3ccc(OC)cc3)n2)c1. The summed E-state index contributed by atoms with van der Waals surface area (Å²) in [6.45, 7) is 0.920. The maximum atomic E-state index is 11.6. The van der Waals surface area contributed by atoms with Gasteiger partial charge >= 0.3 is 5.97 Å². The molecule has 0 saturated carbocycles. The summed E-state index contributed by atoms with van der Waals surface area (Å²) in [5.74, 6) is 1.95. The van der Waals surface area contributed by atoms with Gasteiger partial charge in [0.25, 0.3) is 0 Å². The molecule has 0 aliphatic rings. The van der Waals surface area contributed by atoms with E-state index in [1.54, 1.807) is 25.3 Å². The highest BCUT2D eigenvalue weighted by Crippen LogP contribution is 2.18. The first-order chi connectivity index (χ1) is 14.2. The minimum absolute atomic E-state index is 0.359. The molecule has 0 bridgehead atoms. The van der Waals surface area contributed by atoms with Crippen LogP contribution in [-0.2, 0) is 4.74 Å². The Labute approximate surface area is 168 Å². The van der Waals surface area contributed by atoms with Gasteiger partial charge in [-0.1, -0.05) is 6.07 Å². The zero-order valence-electron chi connectivity index (χ0n) is 16.1. The van der Waals surface area contributed by atoms with Crippen LogP contribution < -0.4 is 20.1 Å². The summed E-state index contributed by atoms with van der Waals surface area (Å²) in [5.41, 5.74) is 1.12. The van der Waals surface area contributed by atoms with E-state index in [9.17, 15) is 4.79 Å². The van der Waals surface area contributed by atoms with Crippen LogP contribution in [0.5, 0.6) is 11.5 Å². The second kappa shape index (κ2) is 9.88. The third-order valence-corrected chi connectivity index (χ3v) is 3.83. The number of hydrogen-bond donors (Lipinski definition) is 2. The molecule has 2 N–H and O–H groups in total. The van der Waals surface area contributed by atoms with Gasteiger partial charge in [-0.2, -0.15) is 10.1 Å². The van der Waals surface area contributed by atoms with Crippen LogP contribution in [-0.4, -0.2) is 48.5 Å². The van der Waals surface area contributed by atoms with E-state index in [1.807, 2.05) is 30.3 Å². The molecule has 0 fully saturated rings. The fourth-order valence-corrected chi connectivity index (χ4v) is 2.43. The second-order valence-electron chi connectivity index (χ2n) is 5.81. The number of anilines is 3. The lowest BCUT2D eigenvalue weighted by molar-refractivity contribution is 0.0601. The van der Waals surface area contributed by atoms with E-state index in [4.69, 9.17) is 14.2 Å². The fourth-order valence-electron chi connectivity index (χ4n) is 2.43. The van der Waals surface area contributed by atoms with Gasteiger partial charge in [0.15, 0.2) is 5.82 Å². The highest BCUT2D eigenvalue weighted by molar-refractivity contribution is 5.90. The van der Waals surface area contributed by atoms with Crippen molar-refractivity contribution >= 4 is 23.4 Å². The van der Waals surface area contributed by atoms with E-state index < -0.39 is 5.97 Å². The van der Waals surface area contributed by atoms with Gasteiger partial charge in [0.2, 0.25) is 5.95 Å². The maximum absolute atomic E-state index is 11.6. The first kappa shape index (κ1) is 19.9. The number of hydrogen-bond acceptors (Lipinski definition) is 9. The number of methoxy groups -OCH3 is 2. The van der Waals surface area contributed by atoms with Gasteiger partial charge in [-0.05, 0) is 42.5 Å². The Bertz CT molecular complexity index is 950. The lowest BCUT2D eigenvalue weighted by Gasteiger charge is -2.09. The molecule has 0 aliphatic heterocycles. The van der Waals surface area contributed by atoms with Gasteiger partial charge in [0, 0.05) is 5.69 Å². The first-order valence-electron chi connectivity index (χ1n) is 8.84. The van der Waals surface area contributed by atoms with Gasteiger partial charge < -0.3 is 24.8 Å². The molecule has 0 spiro atoms. The highest BCUT2D eigenvalue weighted by atomic mass is 16.5. The van der Waals surface area contributed by atoms with Crippen molar-refractivity contribution in [2.75, 3.05) is 38.0 Å². The number of nitrogens with one attached hydrogen (secondary N) is 2. The van der Waals surface area contributed by atoms with Crippen LogP contribution in [0.3, 0.4) is 0 Å². The Kier molecular flexibility index (Phi) is 6.77. The topological polar surface area (TPSA) is 107 Å². The van der Waals surface area contributed by atoms with Gasteiger partial charge in [-0.15, -0.1) is 5.10 Å². The number of carbonyl (C=O) groups is 1. The Morgan fingerprint density at radius 3 is 2.62 bits per heavy atom. The predicted molar refractivity (Wildman–Crippen MR) is 108 cm³/mol. The van der Waals surface area contributed by atoms with Crippen LogP contribution in [0.4, 0.5) is 17.5 Å². The quantitative estimate of drug-likeness (QED) is 0.418. The van der Waals surface area contributed by atoms with Crippen molar-refractivity contribution in [2.45, 2.75) is 0 Å². The van der Waals surface area contributed by atoms with Crippen LogP contribution in [0, 0.1) is 0 Å². The van der Waals surface area contributed by atoms with Crippen molar-refractivity contribution in [3.8, 4) is 11.5 Å². The largest absolute Gasteiger partial charge is 0.497 e. The van der Waals surface area contributed by atoms with E-state index in [1.165, 1.54) is 13.3 Å². The monoisotopic (exact) mass is 395 g/mol. The minimum atomic E-state index is -0.409. The van der Waals surface area contributed by atoms with Crippen LogP contribution in [0.25, 0.3) is 0 Å². The summed E-state index contributed by atoms with van der Waals surface area (Å²) >= 11 is 0. The molecule has 0 aliphatic carbocycles. The summed E-state index contributed by atoms with van der Waals surface area (Å²) in [6.07, 6.45) is 1.49. The molecule has 0 radical (unpaired) electrons. The summed E-state index contributed by atoms with van der Waals surface area (Å²) in [4.78, 5) is 16.0. The summed E-state index contributed by atoms with van der Waals surface area (Å²) in [7, 11) is 2.96. The lowest BCUT2D eigenvalue weighted by atomic mass is 10.2. The standard InChI is InChI=1S/C20H21N5O4/c1-27-16-6-8-17(9-7-16)29-11-10-21-20-24-18(13-22-25-20)23-15-5-3-4-14(12-15)19(26)28-2/h3-9,12-13H,10-11H2,1-2H3,(H2,21,23,24,25). The Hall–Kier alpha value is -3.88. The Balaban J connectivity index is 1.52. The average molecular weight is 395 g/mol. The molecule has 0 atom stereocenters. The molecular weight excluding hydrogens is 374 g/mol. The molecule has 3 aromatic rings. The molecule has 1 aromatic heterocycles. The summed E-state index contributed by atoms with van der Waals surface area (Å²) in [5, 5.41) is 14.0. The number of ether oxygens (including phenoxy) is 3. The van der Waals surface area contributed by atoms with E-state index >= 15 is 0 Å². The molecule has 1 heterocycles. The smallest absolute Gasteiger partial charge is 0.337 e. The molecule has 3 rings (SSSR count). The first-order valence-corrected chi connectivity index (χ1v) is 8.84. The zero-order valence-corrected chi connectivity index (χ0v) is 16.1. The Morgan fingerprint density at radius 1 is 1.07 bits per heavy atom. The van der Waals surface area contributed by atoms with Gasteiger partial charge in [-0.3, -0.25) is 0 Å². The average Bonchev–Trinajstić information content (AvgIpc) is 2.77. The normalized spacial score (nSPS) is 10.1. The van der Waals surface area contributed by atoms with Crippen LogP contribution >= 0.6 is 0 Å². The van der Waals surface area contributed by atoms with Crippen LogP contribution in [0.15, 0.2) is 54.7 Å². The van der Waals surface area contributed by atoms with Crippen molar-refractivity contribution in [3.63, 3.8) is 0 Å². The zero-order chi connectivity index (χ0) is 20.5. The molecule has 0 amide bonds. The molecule has 2 aromatic carbocycles. The molecule has 29 heavy (non-hydrogen) atoms. The fraction of sp³-hybridized carbons (Fsp3) is 0.200. The molecule has 0 saturated heterocycles. The highest BCUT2D eigenvalue weighted by Gasteiger charge is 2.07. The van der Waals surface area contributed by atoms with Crippen LogP contribution in [0.2, 0.25) is 0 Å². The molecule has 150 valence electrons. The minimum Gasteiger partial charge on any atom is -0.497 e. The molecular formula is C20H21N5O4. The maximum Gasteiger partial charge on any atom is 0.337 e. The van der Waals surface area contributed by atoms with E-state index in [2.05, 4.69) is 25.8 Å². The van der Waals surface area contributed by atoms with E-state index in [0.29, 0.717) is 36.2 Å². The predicted octanol–water partition coefficient (Wildman–Crippen LogP) is 2.90. The van der Waals surface area contributed by atoms with Crippen LogP contribution in [0.1, 0.15) is 10.4 Å². The summed E-state index contributed by atoms with van der Waals surface area (Å²) < 4.78 is 15.5. The van der Waals surface area contributed by atoms with Crippen molar-refractivity contribution in [2.24, 2.45) is 0 Å². The number of rotatable bonds is 9. The van der Waals surface area contributed by atoms with E-state index in [0.717, 1.165) is 11.5 Å². The van der Waals surface area contributed by atoms with Gasteiger partial charge in [0.1, 0.15) is 18.1 Å². The number of aromatic nitrogens is 3.